The lowest BCUT2D eigenvalue weighted by atomic mass is 10.0. The predicted octanol–water partition coefficient (Wildman–Crippen LogP) is 1.36. The SMILES string of the molecule is CCN(CCO)c1ccc(NC(=O)C(C)=C2CNC2)cc1. The molecule has 1 fully saturated rings. The summed E-state index contributed by atoms with van der Waals surface area (Å²) in [6.45, 7) is 7.11. The number of nitrogens with zero attached hydrogens (tertiary/aromatic N) is 1. The van der Waals surface area contributed by atoms with Gasteiger partial charge in [-0.1, -0.05) is 0 Å². The third-order valence-electron chi connectivity index (χ3n) is 3.79. The zero-order valence-electron chi connectivity index (χ0n) is 12.6. The average Bonchev–Trinajstić information content (AvgIpc) is 2.44. The first-order chi connectivity index (χ1) is 10.2. The first-order valence-corrected chi connectivity index (χ1v) is 7.32. The Balaban J connectivity index is 2.00. The standard InChI is InChI=1S/C16H23N3O2/c1-3-19(8-9-20)15-6-4-14(5-7-15)18-16(21)12(2)13-10-17-11-13/h4-7,17,20H,3,8-11H2,1-2H3,(H,18,21). The quantitative estimate of drug-likeness (QED) is 0.692. The van der Waals surface area contributed by atoms with Gasteiger partial charge in [0.1, 0.15) is 0 Å². The van der Waals surface area contributed by atoms with Crippen LogP contribution < -0.4 is 15.5 Å². The molecule has 1 aromatic rings. The number of anilines is 2. The third-order valence-corrected chi connectivity index (χ3v) is 3.79. The lowest BCUT2D eigenvalue weighted by Gasteiger charge is -2.23. The molecule has 1 amide bonds. The normalized spacial score (nSPS) is 13.6. The van der Waals surface area contributed by atoms with Crippen molar-refractivity contribution in [3.63, 3.8) is 0 Å². The fourth-order valence-corrected chi connectivity index (χ4v) is 2.25. The van der Waals surface area contributed by atoms with Crippen LogP contribution in [0, 0.1) is 0 Å². The van der Waals surface area contributed by atoms with Crippen molar-refractivity contribution in [3.8, 4) is 0 Å². The minimum absolute atomic E-state index is 0.0399. The summed E-state index contributed by atoms with van der Waals surface area (Å²) in [4.78, 5) is 14.2. The van der Waals surface area contributed by atoms with Crippen molar-refractivity contribution in [2.75, 3.05) is 43.0 Å². The molecule has 3 N–H and O–H groups in total. The second-order valence-corrected chi connectivity index (χ2v) is 5.14. The van der Waals surface area contributed by atoms with E-state index >= 15 is 0 Å². The van der Waals surface area contributed by atoms with Crippen molar-refractivity contribution in [1.82, 2.24) is 5.32 Å². The van der Waals surface area contributed by atoms with Gasteiger partial charge >= 0.3 is 0 Å². The van der Waals surface area contributed by atoms with Gasteiger partial charge in [-0.25, -0.2) is 0 Å². The number of carbonyl (C=O) groups excluding carboxylic acids is 1. The van der Waals surface area contributed by atoms with Gasteiger partial charge in [-0.3, -0.25) is 4.79 Å². The summed E-state index contributed by atoms with van der Waals surface area (Å²) in [5, 5.41) is 15.1. The van der Waals surface area contributed by atoms with Crippen LogP contribution >= 0.6 is 0 Å². The van der Waals surface area contributed by atoms with Gasteiger partial charge in [-0.15, -0.1) is 0 Å². The molecule has 1 aliphatic heterocycles. The zero-order chi connectivity index (χ0) is 15.2. The second-order valence-electron chi connectivity index (χ2n) is 5.14. The van der Waals surface area contributed by atoms with E-state index in [1.54, 1.807) is 0 Å². The summed E-state index contributed by atoms with van der Waals surface area (Å²) in [5.41, 5.74) is 3.80. The van der Waals surface area contributed by atoms with Crippen LogP contribution in [0.2, 0.25) is 0 Å². The molecule has 5 heteroatoms. The molecule has 0 aliphatic carbocycles. The Labute approximate surface area is 125 Å². The van der Waals surface area contributed by atoms with E-state index in [2.05, 4.69) is 15.5 Å². The van der Waals surface area contributed by atoms with Gasteiger partial charge in [-0.05, 0) is 43.7 Å². The zero-order valence-corrected chi connectivity index (χ0v) is 12.6. The van der Waals surface area contributed by atoms with Crippen molar-refractivity contribution >= 4 is 17.3 Å². The Hall–Kier alpha value is -1.85. The Bertz CT molecular complexity index is 517. The molecule has 2 rings (SSSR count). The lowest BCUT2D eigenvalue weighted by Crippen LogP contribution is -2.36. The topological polar surface area (TPSA) is 64.6 Å². The van der Waals surface area contributed by atoms with Crippen LogP contribution in [0.3, 0.4) is 0 Å². The van der Waals surface area contributed by atoms with E-state index < -0.39 is 0 Å². The predicted molar refractivity (Wildman–Crippen MR) is 85.6 cm³/mol. The molecule has 1 saturated heterocycles. The monoisotopic (exact) mass is 289 g/mol. The number of aliphatic hydroxyl groups excluding tert-OH is 1. The summed E-state index contributed by atoms with van der Waals surface area (Å²) in [7, 11) is 0. The number of aliphatic hydroxyl groups is 1. The summed E-state index contributed by atoms with van der Waals surface area (Å²) in [5.74, 6) is -0.0399. The molecule has 0 bridgehead atoms. The van der Waals surface area contributed by atoms with E-state index in [0.717, 1.165) is 36.6 Å². The van der Waals surface area contributed by atoms with Crippen molar-refractivity contribution in [2.45, 2.75) is 13.8 Å². The number of likely N-dealkylation sites (N-methyl/N-ethyl adjacent to an activating group) is 1. The fourth-order valence-electron chi connectivity index (χ4n) is 2.25. The molecule has 0 spiro atoms. The molecule has 114 valence electrons. The van der Waals surface area contributed by atoms with Crippen molar-refractivity contribution in [2.24, 2.45) is 0 Å². The third kappa shape index (κ3) is 3.83. The molecule has 0 unspecified atom stereocenters. The number of rotatable bonds is 6. The van der Waals surface area contributed by atoms with Crippen LogP contribution in [0.25, 0.3) is 0 Å². The molecule has 0 aromatic heterocycles. The largest absolute Gasteiger partial charge is 0.395 e. The number of hydrogen-bond acceptors (Lipinski definition) is 4. The maximum absolute atomic E-state index is 12.1. The van der Waals surface area contributed by atoms with Gasteiger partial charge in [0.2, 0.25) is 0 Å². The molecule has 5 nitrogen and oxygen atoms in total. The van der Waals surface area contributed by atoms with Crippen LogP contribution in [0.1, 0.15) is 13.8 Å². The Kier molecular flexibility index (Phi) is 5.36. The van der Waals surface area contributed by atoms with Gasteiger partial charge in [0.25, 0.3) is 5.91 Å². The minimum Gasteiger partial charge on any atom is -0.395 e. The molecule has 1 heterocycles. The van der Waals surface area contributed by atoms with Gasteiger partial charge < -0.3 is 20.6 Å². The Morgan fingerprint density at radius 3 is 2.48 bits per heavy atom. The second kappa shape index (κ2) is 7.24. The highest BCUT2D eigenvalue weighted by Crippen LogP contribution is 2.19. The lowest BCUT2D eigenvalue weighted by molar-refractivity contribution is -0.112. The highest BCUT2D eigenvalue weighted by molar-refractivity contribution is 6.04. The van der Waals surface area contributed by atoms with E-state index in [-0.39, 0.29) is 12.5 Å². The molecular weight excluding hydrogens is 266 g/mol. The first kappa shape index (κ1) is 15.5. The van der Waals surface area contributed by atoms with Crippen LogP contribution in [0.5, 0.6) is 0 Å². The highest BCUT2D eigenvalue weighted by Gasteiger charge is 2.16. The van der Waals surface area contributed by atoms with Crippen LogP contribution in [0.15, 0.2) is 35.4 Å². The van der Waals surface area contributed by atoms with E-state index in [4.69, 9.17) is 5.11 Å². The molecule has 0 saturated carbocycles. The van der Waals surface area contributed by atoms with Crippen LogP contribution in [-0.4, -0.2) is 43.8 Å². The molecule has 0 atom stereocenters. The summed E-state index contributed by atoms with van der Waals surface area (Å²) < 4.78 is 0. The molecular formula is C16H23N3O2. The van der Waals surface area contributed by atoms with Crippen LogP contribution in [-0.2, 0) is 4.79 Å². The first-order valence-electron chi connectivity index (χ1n) is 7.32. The van der Waals surface area contributed by atoms with Gasteiger partial charge in [0, 0.05) is 43.1 Å². The number of carbonyl (C=O) groups is 1. The average molecular weight is 289 g/mol. The minimum atomic E-state index is -0.0399. The van der Waals surface area contributed by atoms with Gasteiger partial charge in [0.15, 0.2) is 0 Å². The Morgan fingerprint density at radius 2 is 2.00 bits per heavy atom. The van der Waals surface area contributed by atoms with Gasteiger partial charge in [-0.2, -0.15) is 0 Å². The van der Waals surface area contributed by atoms with Gasteiger partial charge in [0.05, 0.1) is 6.61 Å². The maximum atomic E-state index is 12.1. The number of amides is 1. The summed E-state index contributed by atoms with van der Waals surface area (Å²) in [6, 6.07) is 7.71. The van der Waals surface area contributed by atoms with E-state index in [1.807, 2.05) is 38.1 Å². The smallest absolute Gasteiger partial charge is 0.251 e. The maximum Gasteiger partial charge on any atom is 0.251 e. The van der Waals surface area contributed by atoms with Crippen LogP contribution in [0.4, 0.5) is 11.4 Å². The summed E-state index contributed by atoms with van der Waals surface area (Å²) >= 11 is 0. The number of nitrogens with one attached hydrogen (secondary N) is 2. The van der Waals surface area contributed by atoms with E-state index in [9.17, 15) is 4.79 Å². The molecule has 1 aromatic carbocycles. The van der Waals surface area contributed by atoms with Crippen molar-refractivity contribution < 1.29 is 9.90 Å². The molecule has 21 heavy (non-hydrogen) atoms. The van der Waals surface area contributed by atoms with Crippen molar-refractivity contribution in [3.05, 3.63) is 35.4 Å². The number of benzene rings is 1. The molecule has 0 radical (unpaired) electrons. The number of hydrogen-bond donors (Lipinski definition) is 3. The summed E-state index contributed by atoms with van der Waals surface area (Å²) in [6.07, 6.45) is 0. The molecule has 1 aliphatic rings. The highest BCUT2D eigenvalue weighted by atomic mass is 16.3. The van der Waals surface area contributed by atoms with Crippen molar-refractivity contribution in [1.29, 1.82) is 0 Å². The van der Waals surface area contributed by atoms with E-state index in [0.29, 0.717) is 6.54 Å². The van der Waals surface area contributed by atoms with E-state index in [1.165, 1.54) is 5.57 Å². The fraction of sp³-hybridized carbons (Fsp3) is 0.438. The Morgan fingerprint density at radius 1 is 1.33 bits per heavy atom.